The van der Waals surface area contributed by atoms with Crippen LogP contribution >= 0.6 is 43.5 Å². The van der Waals surface area contributed by atoms with Crippen LogP contribution in [0.5, 0.6) is 5.75 Å². The second-order valence-electron chi connectivity index (χ2n) is 7.27. The summed E-state index contributed by atoms with van der Waals surface area (Å²) in [5.41, 5.74) is 8.51. The Morgan fingerprint density at radius 3 is 2.52 bits per heavy atom. The molecule has 0 aromatic heterocycles. The number of hydrogen-bond donors (Lipinski definition) is 1. The van der Waals surface area contributed by atoms with Gasteiger partial charge in [0.1, 0.15) is 29.8 Å². The smallest absolute Gasteiger partial charge is 0.205 e. The van der Waals surface area contributed by atoms with Crippen molar-refractivity contribution in [2.24, 2.45) is 5.73 Å². The van der Waals surface area contributed by atoms with Gasteiger partial charge in [0.2, 0.25) is 5.88 Å². The summed E-state index contributed by atoms with van der Waals surface area (Å²) in [6, 6.07) is 13.3. The van der Waals surface area contributed by atoms with Gasteiger partial charge in [-0.05, 0) is 73.7 Å². The van der Waals surface area contributed by atoms with Gasteiger partial charge in [0.15, 0.2) is 5.78 Å². The van der Waals surface area contributed by atoms with Crippen LogP contribution in [-0.4, -0.2) is 5.78 Å². The summed E-state index contributed by atoms with van der Waals surface area (Å²) >= 11 is 13.1. The molecule has 1 aliphatic heterocycles. The Balaban J connectivity index is 1.69. The molecule has 2 aromatic carbocycles. The fraction of sp³-hybridized carbons (Fsp3) is 0.217. The Morgan fingerprint density at radius 2 is 1.87 bits per heavy atom. The highest BCUT2D eigenvalue weighted by atomic mass is 79.9. The predicted molar refractivity (Wildman–Crippen MR) is 124 cm³/mol. The summed E-state index contributed by atoms with van der Waals surface area (Å²) in [5.74, 6) is 0.649. The maximum Gasteiger partial charge on any atom is 0.205 e. The summed E-state index contributed by atoms with van der Waals surface area (Å²) < 4.78 is 13.0. The molecule has 2 aliphatic rings. The number of nitrogens with two attached hydrogens (primary N) is 1. The molecular formula is C23H17Br2ClN2O3. The average molecular weight is 565 g/mol. The minimum atomic E-state index is -0.570. The molecule has 2 aromatic rings. The Bertz CT molecular complexity index is 1140. The van der Waals surface area contributed by atoms with Gasteiger partial charge in [-0.15, -0.1) is 0 Å². The maximum atomic E-state index is 12.7. The molecule has 0 bridgehead atoms. The van der Waals surface area contributed by atoms with Crippen LogP contribution in [0.4, 0.5) is 0 Å². The number of halogens is 3. The standard InChI is InChI=1S/C23H17Br2ClN2O3/c24-16-8-13(9-17(25)22(16)30-11-12-4-6-14(26)7-5-12)20-15(10-27)23(28)31-19-3-1-2-18(29)21(19)20/h4-9,20H,1-3,11,28H2/t20-/m1/s1. The van der Waals surface area contributed by atoms with Crippen LogP contribution in [0.25, 0.3) is 0 Å². The summed E-state index contributed by atoms with van der Waals surface area (Å²) in [5, 5.41) is 10.4. The normalized spacial score (nSPS) is 18.4. The van der Waals surface area contributed by atoms with E-state index in [0.717, 1.165) is 11.1 Å². The number of carbonyl (C=O) groups excluding carboxylic acids is 1. The largest absolute Gasteiger partial charge is 0.487 e. The van der Waals surface area contributed by atoms with E-state index < -0.39 is 5.92 Å². The zero-order valence-corrected chi connectivity index (χ0v) is 20.2. The van der Waals surface area contributed by atoms with E-state index in [2.05, 4.69) is 37.9 Å². The third kappa shape index (κ3) is 4.38. The lowest BCUT2D eigenvalue weighted by Gasteiger charge is -2.31. The van der Waals surface area contributed by atoms with Crippen LogP contribution in [0.3, 0.4) is 0 Å². The molecule has 5 nitrogen and oxygen atoms in total. The molecule has 0 spiro atoms. The van der Waals surface area contributed by atoms with E-state index in [1.807, 2.05) is 36.4 Å². The Hall–Kier alpha value is -2.27. The van der Waals surface area contributed by atoms with Crippen LogP contribution < -0.4 is 10.5 Å². The molecule has 8 heteroatoms. The van der Waals surface area contributed by atoms with Crippen molar-refractivity contribution in [3.8, 4) is 11.8 Å². The maximum absolute atomic E-state index is 12.7. The molecular weight excluding hydrogens is 548 g/mol. The number of nitriles is 1. The first-order valence-corrected chi connectivity index (χ1v) is 11.6. The first kappa shape index (κ1) is 21.9. The second-order valence-corrected chi connectivity index (χ2v) is 9.41. The minimum Gasteiger partial charge on any atom is -0.487 e. The highest BCUT2D eigenvalue weighted by Crippen LogP contribution is 2.46. The molecule has 0 amide bonds. The highest BCUT2D eigenvalue weighted by Gasteiger charge is 2.38. The topological polar surface area (TPSA) is 85.3 Å². The van der Waals surface area contributed by atoms with Crippen molar-refractivity contribution in [3.63, 3.8) is 0 Å². The van der Waals surface area contributed by atoms with Gasteiger partial charge in [-0.1, -0.05) is 23.7 Å². The molecule has 0 unspecified atom stereocenters. The Kier molecular flexibility index (Phi) is 6.42. The zero-order valence-electron chi connectivity index (χ0n) is 16.3. The average Bonchev–Trinajstić information content (AvgIpc) is 2.73. The lowest BCUT2D eigenvalue weighted by atomic mass is 9.77. The van der Waals surface area contributed by atoms with Gasteiger partial charge in [0, 0.05) is 23.4 Å². The second kappa shape index (κ2) is 9.07. The SMILES string of the molecule is N#CC1=C(N)OC2=C(C(=O)CCC2)[C@@H]1c1cc(Br)c(OCc2ccc(Cl)cc2)c(Br)c1. The van der Waals surface area contributed by atoms with Crippen molar-refractivity contribution in [2.75, 3.05) is 0 Å². The Morgan fingerprint density at radius 1 is 1.19 bits per heavy atom. The van der Waals surface area contributed by atoms with Gasteiger partial charge in [0.25, 0.3) is 0 Å². The number of rotatable bonds is 4. The van der Waals surface area contributed by atoms with Crippen LogP contribution in [-0.2, 0) is 16.1 Å². The van der Waals surface area contributed by atoms with Gasteiger partial charge in [0.05, 0.1) is 14.9 Å². The van der Waals surface area contributed by atoms with Crippen molar-refractivity contribution in [2.45, 2.75) is 31.8 Å². The molecule has 0 radical (unpaired) electrons. The van der Waals surface area contributed by atoms with Crippen molar-refractivity contribution in [3.05, 3.63) is 84.3 Å². The number of carbonyl (C=O) groups is 1. The number of ketones is 1. The fourth-order valence-corrected chi connectivity index (χ4v) is 5.39. The molecule has 1 heterocycles. The van der Waals surface area contributed by atoms with E-state index in [9.17, 15) is 10.1 Å². The quantitative estimate of drug-likeness (QED) is 0.474. The molecule has 0 saturated heterocycles. The molecule has 1 atom stereocenters. The molecule has 4 rings (SSSR count). The van der Waals surface area contributed by atoms with Gasteiger partial charge in [-0.3, -0.25) is 4.79 Å². The van der Waals surface area contributed by atoms with Gasteiger partial charge in [-0.25, -0.2) is 0 Å². The number of allylic oxidation sites excluding steroid dienone is 3. The first-order valence-electron chi connectivity index (χ1n) is 9.59. The third-order valence-electron chi connectivity index (χ3n) is 5.26. The summed E-state index contributed by atoms with van der Waals surface area (Å²) in [4.78, 5) is 12.7. The molecule has 2 N–H and O–H groups in total. The van der Waals surface area contributed by atoms with E-state index in [1.54, 1.807) is 0 Å². The monoisotopic (exact) mass is 562 g/mol. The van der Waals surface area contributed by atoms with E-state index in [-0.39, 0.29) is 17.2 Å². The summed E-state index contributed by atoms with van der Waals surface area (Å²) in [6.07, 6.45) is 1.77. The summed E-state index contributed by atoms with van der Waals surface area (Å²) in [7, 11) is 0. The molecule has 158 valence electrons. The van der Waals surface area contributed by atoms with Crippen LogP contribution in [0.1, 0.15) is 36.3 Å². The first-order chi connectivity index (χ1) is 14.9. The Labute approximate surface area is 201 Å². The van der Waals surface area contributed by atoms with Crippen molar-refractivity contribution in [1.82, 2.24) is 0 Å². The molecule has 31 heavy (non-hydrogen) atoms. The van der Waals surface area contributed by atoms with Gasteiger partial charge < -0.3 is 15.2 Å². The van der Waals surface area contributed by atoms with Crippen molar-refractivity contribution < 1.29 is 14.3 Å². The molecule has 0 fully saturated rings. The van der Waals surface area contributed by atoms with Crippen molar-refractivity contribution >= 4 is 49.2 Å². The van der Waals surface area contributed by atoms with E-state index in [4.69, 9.17) is 26.8 Å². The predicted octanol–water partition coefficient (Wildman–Crippen LogP) is 6.26. The lowest BCUT2D eigenvalue weighted by molar-refractivity contribution is -0.116. The van der Waals surface area contributed by atoms with Crippen LogP contribution in [0.15, 0.2) is 68.1 Å². The molecule has 0 saturated carbocycles. The van der Waals surface area contributed by atoms with Crippen LogP contribution in [0.2, 0.25) is 5.02 Å². The number of benzene rings is 2. The third-order valence-corrected chi connectivity index (χ3v) is 6.69. The minimum absolute atomic E-state index is 0.0122. The highest BCUT2D eigenvalue weighted by molar-refractivity contribution is 9.11. The number of nitrogens with zero attached hydrogens (tertiary/aromatic N) is 1. The van der Waals surface area contributed by atoms with Crippen molar-refractivity contribution in [1.29, 1.82) is 5.26 Å². The van der Waals surface area contributed by atoms with Gasteiger partial charge in [-0.2, -0.15) is 5.26 Å². The number of Topliss-reactive ketones (excluding diaryl/α,β-unsaturated/α-hetero) is 1. The van der Waals surface area contributed by atoms with E-state index in [1.165, 1.54) is 0 Å². The van der Waals surface area contributed by atoms with Crippen LogP contribution in [0, 0.1) is 11.3 Å². The number of hydrogen-bond acceptors (Lipinski definition) is 5. The zero-order chi connectivity index (χ0) is 22.1. The van der Waals surface area contributed by atoms with Gasteiger partial charge >= 0.3 is 0 Å². The van der Waals surface area contributed by atoms with E-state index in [0.29, 0.717) is 56.9 Å². The fourth-order valence-electron chi connectivity index (χ4n) is 3.81. The van der Waals surface area contributed by atoms with E-state index >= 15 is 0 Å². The molecule has 1 aliphatic carbocycles. The summed E-state index contributed by atoms with van der Waals surface area (Å²) in [6.45, 7) is 0.356. The number of ether oxygens (including phenoxy) is 2. The lowest BCUT2D eigenvalue weighted by Crippen LogP contribution is -2.27.